The van der Waals surface area contributed by atoms with Crippen molar-refractivity contribution in [3.63, 3.8) is 0 Å². The largest absolute Gasteiger partial charge is 0.443 e. The van der Waals surface area contributed by atoms with Gasteiger partial charge in [-0.2, -0.15) is 0 Å². The molecule has 0 saturated heterocycles. The molecule has 106 valence electrons. The van der Waals surface area contributed by atoms with Gasteiger partial charge in [-0.15, -0.1) is 0 Å². The van der Waals surface area contributed by atoms with Gasteiger partial charge in [0.05, 0.1) is 0 Å². The maximum Gasteiger partial charge on any atom is 0.422 e. The zero-order valence-corrected chi connectivity index (χ0v) is 12.2. The molecule has 1 aromatic carbocycles. The number of carbonyl (C=O) groups is 1. The van der Waals surface area contributed by atoms with Gasteiger partial charge in [-0.3, -0.25) is 5.43 Å². The summed E-state index contributed by atoms with van der Waals surface area (Å²) < 4.78 is 5.17. The highest BCUT2D eigenvalue weighted by Gasteiger charge is 2.16. The number of rotatable bonds is 5. The highest BCUT2D eigenvalue weighted by Crippen LogP contribution is 2.07. The Morgan fingerprint density at radius 1 is 1.26 bits per heavy atom. The van der Waals surface area contributed by atoms with Crippen LogP contribution in [0.25, 0.3) is 0 Å². The van der Waals surface area contributed by atoms with Crippen LogP contribution in [0.4, 0.5) is 4.79 Å². The summed E-state index contributed by atoms with van der Waals surface area (Å²) in [5.74, 6) is 0. The van der Waals surface area contributed by atoms with Crippen LogP contribution in [0.5, 0.6) is 0 Å². The van der Waals surface area contributed by atoms with Gasteiger partial charge in [0.25, 0.3) is 0 Å². The predicted molar refractivity (Wildman–Crippen MR) is 76.7 cm³/mol. The lowest BCUT2D eigenvalue weighted by atomic mass is 10.0. The van der Waals surface area contributed by atoms with Gasteiger partial charge >= 0.3 is 6.09 Å². The average molecular weight is 264 g/mol. The molecule has 1 atom stereocenters. The summed E-state index contributed by atoms with van der Waals surface area (Å²) in [6.07, 6.45) is 1.34. The van der Waals surface area contributed by atoms with Crippen LogP contribution in [0.3, 0.4) is 0 Å². The van der Waals surface area contributed by atoms with E-state index < -0.39 is 11.7 Å². The normalized spacial score (nSPS) is 12.8. The molecule has 0 aliphatic carbocycles. The lowest BCUT2D eigenvalue weighted by Gasteiger charge is -2.22. The van der Waals surface area contributed by atoms with E-state index in [4.69, 9.17) is 4.74 Å². The van der Waals surface area contributed by atoms with E-state index in [1.54, 1.807) is 0 Å². The molecule has 19 heavy (non-hydrogen) atoms. The molecule has 0 heterocycles. The number of carbonyl (C=O) groups excluding carboxylic acids is 1. The van der Waals surface area contributed by atoms with Gasteiger partial charge < -0.3 is 4.74 Å². The van der Waals surface area contributed by atoms with Crippen molar-refractivity contribution in [3.05, 3.63) is 35.9 Å². The second kappa shape index (κ2) is 7.14. The molecule has 0 bridgehead atoms. The fourth-order valence-electron chi connectivity index (χ4n) is 1.66. The smallest absolute Gasteiger partial charge is 0.422 e. The highest BCUT2D eigenvalue weighted by atomic mass is 16.6. The summed E-state index contributed by atoms with van der Waals surface area (Å²) >= 11 is 0. The molecular weight excluding hydrogens is 240 g/mol. The van der Waals surface area contributed by atoms with Crippen molar-refractivity contribution in [2.75, 3.05) is 0 Å². The number of ether oxygens (including phenoxy) is 1. The monoisotopic (exact) mass is 264 g/mol. The first-order valence-corrected chi connectivity index (χ1v) is 6.69. The number of nitrogens with one attached hydrogen (secondary N) is 2. The van der Waals surface area contributed by atoms with E-state index in [1.807, 2.05) is 39.0 Å². The van der Waals surface area contributed by atoms with Crippen molar-refractivity contribution in [2.45, 2.75) is 52.2 Å². The first-order chi connectivity index (χ1) is 8.90. The zero-order chi connectivity index (χ0) is 14.3. The number of amides is 1. The van der Waals surface area contributed by atoms with Crippen LogP contribution < -0.4 is 10.9 Å². The Kier molecular flexibility index (Phi) is 5.83. The van der Waals surface area contributed by atoms with Gasteiger partial charge in [0, 0.05) is 6.04 Å². The van der Waals surface area contributed by atoms with Gasteiger partial charge in [0.15, 0.2) is 0 Å². The van der Waals surface area contributed by atoms with E-state index in [-0.39, 0.29) is 6.04 Å². The molecule has 0 aliphatic rings. The fraction of sp³-hybridized carbons (Fsp3) is 0.533. The minimum atomic E-state index is -0.479. The second-order valence-electron chi connectivity index (χ2n) is 5.57. The molecule has 0 saturated carbocycles. The molecule has 0 spiro atoms. The predicted octanol–water partition coefficient (Wildman–Crippen LogP) is 3.04. The Morgan fingerprint density at radius 2 is 1.89 bits per heavy atom. The minimum absolute atomic E-state index is 0.190. The average Bonchev–Trinajstić information content (AvgIpc) is 2.33. The molecule has 0 aliphatic heterocycles. The Morgan fingerprint density at radius 3 is 2.42 bits per heavy atom. The van der Waals surface area contributed by atoms with E-state index in [9.17, 15) is 4.79 Å². The van der Waals surface area contributed by atoms with Crippen LogP contribution >= 0.6 is 0 Å². The van der Waals surface area contributed by atoms with Gasteiger partial charge in [-0.1, -0.05) is 37.3 Å². The topological polar surface area (TPSA) is 50.4 Å². The van der Waals surface area contributed by atoms with Crippen LogP contribution in [-0.4, -0.2) is 17.7 Å². The summed E-state index contributed by atoms with van der Waals surface area (Å²) in [6.45, 7) is 7.60. The third-order valence-electron chi connectivity index (χ3n) is 2.59. The Balaban J connectivity index is 2.39. The summed E-state index contributed by atoms with van der Waals surface area (Å²) in [5.41, 5.74) is 6.38. The van der Waals surface area contributed by atoms with Crippen molar-refractivity contribution in [2.24, 2.45) is 0 Å². The zero-order valence-electron chi connectivity index (χ0n) is 12.2. The van der Waals surface area contributed by atoms with E-state index in [0.29, 0.717) is 0 Å². The van der Waals surface area contributed by atoms with Gasteiger partial charge in [-0.05, 0) is 39.2 Å². The second-order valence-corrected chi connectivity index (χ2v) is 5.57. The third kappa shape index (κ3) is 6.82. The summed E-state index contributed by atoms with van der Waals surface area (Å²) in [7, 11) is 0. The Bertz CT molecular complexity index is 385. The van der Waals surface area contributed by atoms with Gasteiger partial charge in [0.1, 0.15) is 5.60 Å². The summed E-state index contributed by atoms with van der Waals surface area (Å²) in [5, 5.41) is 0. The highest BCUT2D eigenvalue weighted by molar-refractivity contribution is 5.67. The first kappa shape index (κ1) is 15.5. The molecule has 1 aromatic rings. The quantitative estimate of drug-likeness (QED) is 0.804. The minimum Gasteiger partial charge on any atom is -0.443 e. The summed E-state index contributed by atoms with van der Waals surface area (Å²) in [6, 6.07) is 10.4. The fourth-order valence-corrected chi connectivity index (χ4v) is 1.66. The summed E-state index contributed by atoms with van der Waals surface area (Å²) in [4.78, 5) is 11.5. The lowest BCUT2D eigenvalue weighted by molar-refractivity contribution is 0.0487. The van der Waals surface area contributed by atoms with Crippen molar-refractivity contribution in [1.29, 1.82) is 0 Å². The molecule has 0 fully saturated rings. The van der Waals surface area contributed by atoms with Crippen molar-refractivity contribution >= 4 is 6.09 Å². The van der Waals surface area contributed by atoms with Crippen molar-refractivity contribution < 1.29 is 9.53 Å². The van der Waals surface area contributed by atoms with Gasteiger partial charge in [0.2, 0.25) is 0 Å². The molecular formula is C15H24N2O2. The number of hydrogen-bond donors (Lipinski definition) is 2. The van der Waals surface area contributed by atoms with E-state index in [0.717, 1.165) is 12.8 Å². The molecule has 0 aromatic heterocycles. The van der Waals surface area contributed by atoms with Crippen molar-refractivity contribution in [3.8, 4) is 0 Å². The number of hydrazine groups is 1. The van der Waals surface area contributed by atoms with E-state index in [1.165, 1.54) is 5.56 Å². The Hall–Kier alpha value is -1.55. The number of benzene rings is 1. The maximum atomic E-state index is 11.5. The molecule has 1 unspecified atom stereocenters. The SMILES string of the molecule is CCC(Cc1ccccc1)NNC(=O)OC(C)(C)C. The van der Waals surface area contributed by atoms with Crippen LogP contribution in [-0.2, 0) is 11.2 Å². The Labute approximate surface area is 115 Å². The van der Waals surface area contributed by atoms with E-state index >= 15 is 0 Å². The number of hydrogen-bond acceptors (Lipinski definition) is 3. The van der Waals surface area contributed by atoms with Gasteiger partial charge in [-0.25, -0.2) is 10.2 Å². The van der Waals surface area contributed by atoms with Crippen LogP contribution in [0.15, 0.2) is 30.3 Å². The standard InChI is InChI=1S/C15H24N2O2/c1-5-13(11-12-9-7-6-8-10-12)16-17-14(18)19-15(2,3)4/h6-10,13,16H,5,11H2,1-4H3,(H,17,18). The molecule has 4 heteroatoms. The molecule has 0 radical (unpaired) electrons. The van der Waals surface area contributed by atoms with Crippen LogP contribution in [0.1, 0.15) is 39.7 Å². The molecule has 1 amide bonds. The lowest BCUT2D eigenvalue weighted by Crippen LogP contribution is -2.47. The molecule has 4 nitrogen and oxygen atoms in total. The van der Waals surface area contributed by atoms with Crippen molar-refractivity contribution in [1.82, 2.24) is 10.9 Å². The van der Waals surface area contributed by atoms with Crippen LogP contribution in [0, 0.1) is 0 Å². The third-order valence-corrected chi connectivity index (χ3v) is 2.59. The van der Waals surface area contributed by atoms with E-state index in [2.05, 4.69) is 29.9 Å². The van der Waals surface area contributed by atoms with Crippen LogP contribution in [0.2, 0.25) is 0 Å². The molecule has 1 rings (SSSR count). The first-order valence-electron chi connectivity index (χ1n) is 6.69. The maximum absolute atomic E-state index is 11.5. The molecule has 2 N–H and O–H groups in total.